The number of nitrogens with zero attached hydrogens (tertiary/aromatic N) is 7. The number of aryl methyl sites for hydroxylation is 2. The first-order valence-electron chi connectivity index (χ1n) is 9.84. The highest BCUT2D eigenvalue weighted by Crippen LogP contribution is 2.28. The Morgan fingerprint density at radius 2 is 1.69 bits per heavy atom. The van der Waals surface area contributed by atoms with Crippen LogP contribution in [-0.2, 0) is 13.6 Å². The zero-order chi connectivity index (χ0) is 20.4. The van der Waals surface area contributed by atoms with Crippen LogP contribution < -0.4 is 4.90 Å². The quantitative estimate of drug-likeness (QED) is 0.685. The lowest BCUT2D eigenvalue weighted by Crippen LogP contribution is -2.46. The van der Waals surface area contributed by atoms with E-state index in [0.717, 1.165) is 55.5 Å². The first kappa shape index (κ1) is 19.1. The van der Waals surface area contributed by atoms with Gasteiger partial charge in [-0.2, -0.15) is 10.4 Å². The number of rotatable bonds is 4. The second-order valence-electron chi connectivity index (χ2n) is 7.45. The Hall–Kier alpha value is -3.24. The van der Waals surface area contributed by atoms with Crippen LogP contribution in [0.3, 0.4) is 0 Å². The molecule has 0 atom stereocenters. The van der Waals surface area contributed by atoms with E-state index in [1.54, 1.807) is 12.4 Å². The van der Waals surface area contributed by atoms with Crippen LogP contribution in [0.4, 0.5) is 5.82 Å². The molecule has 1 aromatic carbocycles. The Morgan fingerprint density at radius 3 is 2.31 bits per heavy atom. The van der Waals surface area contributed by atoms with Gasteiger partial charge in [0.2, 0.25) is 0 Å². The Kier molecular flexibility index (Phi) is 5.28. The van der Waals surface area contributed by atoms with Crippen LogP contribution in [0.25, 0.3) is 11.3 Å². The van der Waals surface area contributed by atoms with E-state index in [4.69, 9.17) is 5.26 Å². The topological polar surface area (TPSA) is 73.9 Å². The van der Waals surface area contributed by atoms with Gasteiger partial charge >= 0.3 is 0 Å². The highest BCUT2D eigenvalue weighted by atomic mass is 15.3. The van der Waals surface area contributed by atoms with E-state index in [1.807, 2.05) is 36.0 Å². The average Bonchev–Trinajstić information content (AvgIpc) is 3.00. The van der Waals surface area contributed by atoms with E-state index < -0.39 is 0 Å². The Labute approximate surface area is 171 Å². The zero-order valence-corrected chi connectivity index (χ0v) is 17.1. The lowest BCUT2D eigenvalue weighted by molar-refractivity contribution is 0.248. The van der Waals surface area contributed by atoms with E-state index in [1.165, 1.54) is 11.3 Å². The second-order valence-corrected chi connectivity index (χ2v) is 7.45. The molecule has 7 heteroatoms. The first-order chi connectivity index (χ1) is 14.1. The predicted molar refractivity (Wildman–Crippen MR) is 112 cm³/mol. The van der Waals surface area contributed by atoms with Gasteiger partial charge in [0.25, 0.3) is 0 Å². The lowest BCUT2D eigenvalue weighted by Gasteiger charge is -2.36. The molecule has 1 aliphatic rings. The minimum atomic E-state index is 0.647. The maximum absolute atomic E-state index is 9.03. The molecule has 4 rings (SSSR count). The lowest BCUT2D eigenvalue weighted by atomic mass is 10.1. The smallest absolute Gasteiger partial charge is 0.155 e. The number of hydrogen-bond donors (Lipinski definition) is 0. The summed E-state index contributed by atoms with van der Waals surface area (Å²) in [6.45, 7) is 8.90. The van der Waals surface area contributed by atoms with Crippen LogP contribution in [0.5, 0.6) is 0 Å². The van der Waals surface area contributed by atoms with Crippen LogP contribution in [0, 0.1) is 25.2 Å². The molecular formula is C22H25N7. The standard InChI is InChI=1S/C22H25N7/c1-16-20(17(2)27(3)26-16)15-28-10-12-29(13-11-28)22-21(24-8-9-25-22)19-6-4-18(14-23)5-7-19/h4-9H,10-13,15H2,1-3H3. The van der Waals surface area contributed by atoms with Gasteiger partial charge in [-0.25, -0.2) is 4.98 Å². The molecule has 0 amide bonds. The maximum Gasteiger partial charge on any atom is 0.155 e. The third-order valence-electron chi connectivity index (χ3n) is 5.68. The minimum absolute atomic E-state index is 0.647. The fourth-order valence-electron chi connectivity index (χ4n) is 3.86. The molecule has 3 aromatic rings. The van der Waals surface area contributed by atoms with E-state index >= 15 is 0 Å². The molecule has 1 saturated heterocycles. The molecule has 3 heterocycles. The summed E-state index contributed by atoms with van der Waals surface area (Å²) in [7, 11) is 2.00. The average molecular weight is 387 g/mol. The van der Waals surface area contributed by atoms with Crippen LogP contribution in [0.2, 0.25) is 0 Å². The minimum Gasteiger partial charge on any atom is -0.352 e. The number of hydrogen-bond acceptors (Lipinski definition) is 6. The summed E-state index contributed by atoms with van der Waals surface area (Å²) in [5.41, 5.74) is 6.18. The van der Waals surface area contributed by atoms with Crippen molar-refractivity contribution in [1.82, 2.24) is 24.6 Å². The molecule has 148 valence electrons. The van der Waals surface area contributed by atoms with Crippen molar-refractivity contribution in [2.24, 2.45) is 7.05 Å². The van der Waals surface area contributed by atoms with Gasteiger partial charge in [-0.1, -0.05) is 12.1 Å². The van der Waals surface area contributed by atoms with E-state index in [9.17, 15) is 0 Å². The van der Waals surface area contributed by atoms with Crippen molar-refractivity contribution in [1.29, 1.82) is 5.26 Å². The van der Waals surface area contributed by atoms with Gasteiger partial charge in [0.05, 0.1) is 17.3 Å². The van der Waals surface area contributed by atoms with Crippen molar-refractivity contribution >= 4 is 5.82 Å². The van der Waals surface area contributed by atoms with Gasteiger partial charge in [-0.05, 0) is 26.0 Å². The number of anilines is 1. The van der Waals surface area contributed by atoms with Crippen LogP contribution in [-0.4, -0.2) is 50.8 Å². The summed E-state index contributed by atoms with van der Waals surface area (Å²) in [5.74, 6) is 0.908. The van der Waals surface area contributed by atoms with Crippen LogP contribution in [0.15, 0.2) is 36.7 Å². The van der Waals surface area contributed by atoms with E-state index in [-0.39, 0.29) is 0 Å². The first-order valence-corrected chi connectivity index (χ1v) is 9.84. The third-order valence-corrected chi connectivity index (χ3v) is 5.68. The van der Waals surface area contributed by atoms with Crippen LogP contribution >= 0.6 is 0 Å². The molecule has 0 radical (unpaired) electrons. The molecule has 0 aliphatic carbocycles. The molecular weight excluding hydrogens is 362 g/mol. The summed E-state index contributed by atoms with van der Waals surface area (Å²) >= 11 is 0. The molecule has 0 spiro atoms. The summed E-state index contributed by atoms with van der Waals surface area (Å²) in [6.07, 6.45) is 3.47. The molecule has 29 heavy (non-hydrogen) atoms. The molecule has 2 aromatic heterocycles. The second kappa shape index (κ2) is 8.02. The van der Waals surface area contributed by atoms with Crippen molar-refractivity contribution in [3.8, 4) is 17.3 Å². The van der Waals surface area contributed by atoms with Gasteiger partial charge in [0.1, 0.15) is 5.69 Å². The number of piperazine rings is 1. The summed E-state index contributed by atoms with van der Waals surface area (Å²) in [4.78, 5) is 14.0. The van der Waals surface area contributed by atoms with Crippen molar-refractivity contribution < 1.29 is 0 Å². The summed E-state index contributed by atoms with van der Waals surface area (Å²) < 4.78 is 1.96. The summed E-state index contributed by atoms with van der Waals surface area (Å²) in [5, 5.41) is 13.6. The molecule has 0 unspecified atom stereocenters. The maximum atomic E-state index is 9.03. The van der Waals surface area contributed by atoms with E-state index in [2.05, 4.69) is 44.8 Å². The fourth-order valence-corrected chi connectivity index (χ4v) is 3.86. The summed E-state index contributed by atoms with van der Waals surface area (Å²) in [6, 6.07) is 9.69. The largest absolute Gasteiger partial charge is 0.352 e. The highest BCUT2D eigenvalue weighted by molar-refractivity contribution is 5.72. The zero-order valence-electron chi connectivity index (χ0n) is 17.1. The van der Waals surface area contributed by atoms with Gasteiger partial charge < -0.3 is 4.90 Å². The SMILES string of the molecule is Cc1nn(C)c(C)c1CN1CCN(c2nccnc2-c2ccc(C#N)cc2)CC1. The van der Waals surface area contributed by atoms with E-state index in [0.29, 0.717) is 5.56 Å². The predicted octanol–water partition coefficient (Wildman–Crippen LogP) is 2.69. The normalized spacial score (nSPS) is 14.8. The molecule has 0 N–H and O–H groups in total. The Bertz CT molecular complexity index is 1040. The van der Waals surface area contributed by atoms with Crippen molar-refractivity contribution in [3.63, 3.8) is 0 Å². The van der Waals surface area contributed by atoms with Gasteiger partial charge in [0.15, 0.2) is 5.82 Å². The monoisotopic (exact) mass is 387 g/mol. The highest BCUT2D eigenvalue weighted by Gasteiger charge is 2.23. The third kappa shape index (κ3) is 3.84. The van der Waals surface area contributed by atoms with Crippen LogP contribution in [0.1, 0.15) is 22.5 Å². The van der Waals surface area contributed by atoms with Gasteiger partial charge in [-0.3, -0.25) is 14.6 Å². The number of nitriles is 1. The van der Waals surface area contributed by atoms with Crippen molar-refractivity contribution in [2.75, 3.05) is 31.1 Å². The Balaban J connectivity index is 1.48. The molecule has 1 aliphatic heterocycles. The molecule has 1 fully saturated rings. The molecule has 7 nitrogen and oxygen atoms in total. The molecule has 0 saturated carbocycles. The number of aromatic nitrogens is 4. The molecule has 0 bridgehead atoms. The Morgan fingerprint density at radius 1 is 1.00 bits per heavy atom. The van der Waals surface area contributed by atoms with Gasteiger partial charge in [0, 0.05) is 69.0 Å². The van der Waals surface area contributed by atoms with Crippen molar-refractivity contribution in [2.45, 2.75) is 20.4 Å². The van der Waals surface area contributed by atoms with Gasteiger partial charge in [-0.15, -0.1) is 0 Å². The number of benzene rings is 1. The fraction of sp³-hybridized carbons (Fsp3) is 0.364. The van der Waals surface area contributed by atoms with Crippen molar-refractivity contribution in [3.05, 3.63) is 59.2 Å².